The second kappa shape index (κ2) is 7.61. The van der Waals surface area contributed by atoms with Crippen molar-refractivity contribution in [3.63, 3.8) is 0 Å². The van der Waals surface area contributed by atoms with E-state index in [-0.39, 0.29) is 24.1 Å². The molecule has 0 aliphatic heterocycles. The quantitative estimate of drug-likeness (QED) is 0.392. The standard InChI is InChI=1S/C15H20N2O4/c18-14(16-13-5-3-1-2-4-6-13)11-21-15(19)12-7-9-17(20)10-8-12/h7-10,13H,1-6,11H2,(H,16,18). The molecule has 2 rings (SSSR count). The Hall–Kier alpha value is -2.11. The van der Waals surface area contributed by atoms with Crippen LogP contribution in [-0.2, 0) is 9.53 Å². The van der Waals surface area contributed by atoms with Crippen LogP contribution in [0.15, 0.2) is 24.5 Å². The van der Waals surface area contributed by atoms with Crippen molar-refractivity contribution in [2.24, 2.45) is 0 Å². The van der Waals surface area contributed by atoms with E-state index in [4.69, 9.17) is 4.74 Å². The van der Waals surface area contributed by atoms with Crippen LogP contribution in [0.25, 0.3) is 0 Å². The van der Waals surface area contributed by atoms with Crippen molar-refractivity contribution in [3.8, 4) is 0 Å². The molecule has 1 aromatic rings. The van der Waals surface area contributed by atoms with Gasteiger partial charge in [0.05, 0.1) is 5.56 Å². The summed E-state index contributed by atoms with van der Waals surface area (Å²) in [7, 11) is 0. The molecule has 6 heteroatoms. The zero-order valence-corrected chi connectivity index (χ0v) is 11.9. The monoisotopic (exact) mass is 292 g/mol. The predicted octanol–water partition coefficient (Wildman–Crippen LogP) is 1.32. The minimum atomic E-state index is -0.605. The number of nitrogens with zero attached hydrogens (tertiary/aromatic N) is 1. The van der Waals surface area contributed by atoms with Gasteiger partial charge in [-0.1, -0.05) is 25.7 Å². The fourth-order valence-corrected chi connectivity index (χ4v) is 2.46. The summed E-state index contributed by atoms with van der Waals surface area (Å²) in [5, 5.41) is 13.8. The third-order valence-corrected chi connectivity index (χ3v) is 3.59. The Morgan fingerprint density at radius 1 is 1.19 bits per heavy atom. The number of carbonyl (C=O) groups is 2. The Morgan fingerprint density at radius 3 is 2.43 bits per heavy atom. The highest BCUT2D eigenvalue weighted by molar-refractivity contribution is 5.91. The van der Waals surface area contributed by atoms with E-state index in [9.17, 15) is 14.8 Å². The molecule has 1 aliphatic rings. The van der Waals surface area contributed by atoms with Crippen LogP contribution < -0.4 is 10.0 Å². The van der Waals surface area contributed by atoms with Gasteiger partial charge in [0.2, 0.25) is 0 Å². The summed E-state index contributed by atoms with van der Waals surface area (Å²) in [5.74, 6) is -0.878. The van der Waals surface area contributed by atoms with Crippen LogP contribution >= 0.6 is 0 Å². The molecule has 0 unspecified atom stereocenters. The summed E-state index contributed by atoms with van der Waals surface area (Å²) in [6, 6.07) is 2.91. The van der Waals surface area contributed by atoms with Crippen LogP contribution in [-0.4, -0.2) is 24.5 Å². The molecule has 1 aromatic heterocycles. The molecule has 1 saturated carbocycles. The van der Waals surface area contributed by atoms with Crippen LogP contribution in [0.5, 0.6) is 0 Å². The number of rotatable bonds is 4. The number of pyridine rings is 1. The molecular formula is C15H20N2O4. The highest BCUT2D eigenvalue weighted by Crippen LogP contribution is 2.17. The highest BCUT2D eigenvalue weighted by Gasteiger charge is 2.16. The maximum atomic E-state index is 11.8. The molecule has 0 saturated heterocycles. The molecule has 0 spiro atoms. The van der Waals surface area contributed by atoms with Gasteiger partial charge in [0.15, 0.2) is 19.0 Å². The van der Waals surface area contributed by atoms with Gasteiger partial charge in [0.1, 0.15) is 0 Å². The first-order chi connectivity index (χ1) is 10.1. The van der Waals surface area contributed by atoms with Gasteiger partial charge in [-0.2, -0.15) is 4.73 Å². The van der Waals surface area contributed by atoms with E-state index in [0.29, 0.717) is 4.73 Å². The number of amides is 1. The average Bonchev–Trinajstić information content (AvgIpc) is 2.74. The van der Waals surface area contributed by atoms with Crippen LogP contribution in [0.4, 0.5) is 0 Å². The van der Waals surface area contributed by atoms with Crippen molar-refractivity contribution in [2.45, 2.75) is 44.6 Å². The van der Waals surface area contributed by atoms with E-state index < -0.39 is 5.97 Å². The summed E-state index contributed by atoms with van der Waals surface area (Å²) in [5.41, 5.74) is 0.254. The number of esters is 1. The van der Waals surface area contributed by atoms with Crippen molar-refractivity contribution in [1.29, 1.82) is 0 Å². The largest absolute Gasteiger partial charge is 0.619 e. The number of hydrogen-bond donors (Lipinski definition) is 1. The number of carbonyl (C=O) groups excluding carboxylic acids is 2. The lowest BCUT2D eigenvalue weighted by Crippen LogP contribution is -2.37. The lowest BCUT2D eigenvalue weighted by atomic mass is 10.1. The number of hydrogen-bond acceptors (Lipinski definition) is 4. The first kappa shape index (κ1) is 15.3. The van der Waals surface area contributed by atoms with E-state index in [1.54, 1.807) is 0 Å². The molecule has 1 aliphatic carbocycles. The first-order valence-corrected chi connectivity index (χ1v) is 7.30. The SMILES string of the molecule is O=C(COC(=O)c1cc[n+]([O-])cc1)NC1CCCCCC1. The van der Waals surface area contributed by atoms with Gasteiger partial charge in [-0.25, -0.2) is 4.79 Å². The third-order valence-electron chi connectivity index (χ3n) is 3.59. The van der Waals surface area contributed by atoms with Crippen molar-refractivity contribution < 1.29 is 19.1 Å². The maximum absolute atomic E-state index is 11.8. The molecule has 1 heterocycles. The molecule has 0 bridgehead atoms. The molecule has 1 amide bonds. The van der Waals surface area contributed by atoms with Crippen LogP contribution in [0.2, 0.25) is 0 Å². The minimum Gasteiger partial charge on any atom is -0.619 e. The summed E-state index contributed by atoms with van der Waals surface area (Å²) in [6.45, 7) is -0.290. The van der Waals surface area contributed by atoms with Crippen LogP contribution in [0, 0.1) is 5.21 Å². The smallest absolute Gasteiger partial charge is 0.339 e. The third kappa shape index (κ3) is 5.06. The van der Waals surface area contributed by atoms with Gasteiger partial charge in [-0.3, -0.25) is 4.79 Å². The molecule has 0 atom stereocenters. The van der Waals surface area contributed by atoms with Crippen LogP contribution in [0.3, 0.4) is 0 Å². The molecule has 1 fully saturated rings. The number of ether oxygens (including phenoxy) is 1. The average molecular weight is 292 g/mol. The zero-order chi connectivity index (χ0) is 15.1. The van der Waals surface area contributed by atoms with Crippen molar-refractivity contribution in [1.82, 2.24) is 5.32 Å². The number of nitrogens with one attached hydrogen (secondary N) is 1. The fourth-order valence-electron chi connectivity index (χ4n) is 2.46. The molecule has 114 valence electrons. The highest BCUT2D eigenvalue weighted by atomic mass is 16.5. The summed E-state index contributed by atoms with van der Waals surface area (Å²) in [6.07, 6.45) is 9.09. The van der Waals surface area contributed by atoms with Gasteiger partial charge in [0.25, 0.3) is 5.91 Å². The fraction of sp³-hybridized carbons (Fsp3) is 0.533. The first-order valence-electron chi connectivity index (χ1n) is 7.30. The van der Waals surface area contributed by atoms with Crippen molar-refractivity contribution >= 4 is 11.9 Å². The summed E-state index contributed by atoms with van der Waals surface area (Å²) < 4.78 is 5.52. The number of aromatic nitrogens is 1. The lowest BCUT2D eigenvalue weighted by Gasteiger charge is -2.16. The molecule has 0 radical (unpaired) electrons. The predicted molar refractivity (Wildman–Crippen MR) is 75.3 cm³/mol. The van der Waals surface area contributed by atoms with E-state index in [2.05, 4.69) is 5.32 Å². The lowest BCUT2D eigenvalue weighted by molar-refractivity contribution is -0.605. The summed E-state index contributed by atoms with van der Waals surface area (Å²) >= 11 is 0. The molecule has 6 nitrogen and oxygen atoms in total. The molecule has 1 N–H and O–H groups in total. The minimum absolute atomic E-state index is 0.190. The Labute approximate surface area is 123 Å². The van der Waals surface area contributed by atoms with Crippen molar-refractivity contribution in [2.75, 3.05) is 6.61 Å². The van der Waals surface area contributed by atoms with Crippen LogP contribution in [0.1, 0.15) is 48.9 Å². The Balaban J connectivity index is 1.75. The van der Waals surface area contributed by atoms with Gasteiger partial charge in [-0.15, -0.1) is 0 Å². The van der Waals surface area contributed by atoms with E-state index >= 15 is 0 Å². The van der Waals surface area contributed by atoms with Crippen molar-refractivity contribution in [3.05, 3.63) is 35.3 Å². The molecule has 21 heavy (non-hydrogen) atoms. The second-order valence-electron chi connectivity index (χ2n) is 5.28. The maximum Gasteiger partial charge on any atom is 0.339 e. The van der Waals surface area contributed by atoms with Gasteiger partial charge in [-0.05, 0) is 12.8 Å². The van der Waals surface area contributed by atoms with E-state index in [1.807, 2.05) is 0 Å². The molecule has 0 aromatic carbocycles. The van der Waals surface area contributed by atoms with Gasteiger partial charge < -0.3 is 15.3 Å². The Morgan fingerprint density at radius 2 is 1.81 bits per heavy atom. The van der Waals surface area contributed by atoms with Gasteiger partial charge >= 0.3 is 5.97 Å². The summed E-state index contributed by atoms with van der Waals surface area (Å²) in [4.78, 5) is 23.5. The molecular weight excluding hydrogens is 272 g/mol. The normalized spacial score (nSPS) is 16.0. The Bertz CT molecular complexity index is 479. The van der Waals surface area contributed by atoms with E-state index in [0.717, 1.165) is 25.7 Å². The second-order valence-corrected chi connectivity index (χ2v) is 5.28. The zero-order valence-electron chi connectivity index (χ0n) is 11.9. The van der Waals surface area contributed by atoms with E-state index in [1.165, 1.54) is 37.4 Å². The topological polar surface area (TPSA) is 82.3 Å². The Kier molecular flexibility index (Phi) is 5.54. The van der Waals surface area contributed by atoms with Gasteiger partial charge in [0, 0.05) is 18.2 Å².